The fraction of sp³-hybridized carbons (Fsp3) is 0.571. The van der Waals surface area contributed by atoms with Gasteiger partial charge in [0.15, 0.2) is 0 Å². The molecule has 0 heterocycles. The molecular weight excluding hydrogens is 198 g/mol. The average Bonchev–Trinajstić information content (AvgIpc) is 2.28. The van der Waals surface area contributed by atoms with Crippen LogP contribution in [0.4, 0.5) is 0 Å². The number of hydrogen-bond acceptors (Lipinski definition) is 2. The Morgan fingerprint density at radius 3 is 2.38 bits per heavy atom. The quantitative estimate of drug-likeness (QED) is 0.829. The predicted octanol–water partition coefficient (Wildman–Crippen LogP) is 2.86. The van der Waals surface area contributed by atoms with Gasteiger partial charge in [0.05, 0.1) is 7.11 Å². The van der Waals surface area contributed by atoms with E-state index in [0.717, 1.165) is 12.2 Å². The molecule has 1 aromatic carbocycles. The lowest BCUT2D eigenvalue weighted by atomic mass is 9.87. The lowest BCUT2D eigenvalue weighted by Gasteiger charge is -2.24. The zero-order valence-corrected chi connectivity index (χ0v) is 10.7. The van der Waals surface area contributed by atoms with Crippen molar-refractivity contribution in [2.45, 2.75) is 33.2 Å². The third-order valence-corrected chi connectivity index (χ3v) is 3.16. The second-order valence-electron chi connectivity index (χ2n) is 4.81. The second kappa shape index (κ2) is 5.90. The third-order valence-electron chi connectivity index (χ3n) is 3.16. The van der Waals surface area contributed by atoms with E-state index in [9.17, 15) is 0 Å². The number of para-hydroxylation sites is 1. The van der Waals surface area contributed by atoms with Crippen LogP contribution in [0.2, 0.25) is 0 Å². The molecule has 2 heteroatoms. The van der Waals surface area contributed by atoms with Gasteiger partial charge in [-0.1, -0.05) is 39.0 Å². The van der Waals surface area contributed by atoms with E-state index in [1.165, 1.54) is 5.56 Å². The van der Waals surface area contributed by atoms with Gasteiger partial charge in [0.2, 0.25) is 0 Å². The lowest BCUT2D eigenvalue weighted by Crippen LogP contribution is -2.34. The first-order valence-electron chi connectivity index (χ1n) is 5.93. The first-order chi connectivity index (χ1) is 7.56. The molecule has 1 aromatic rings. The van der Waals surface area contributed by atoms with Crippen LogP contribution in [0.5, 0.6) is 5.75 Å². The van der Waals surface area contributed by atoms with Crippen LogP contribution in [0.3, 0.4) is 0 Å². The van der Waals surface area contributed by atoms with Gasteiger partial charge in [-0.2, -0.15) is 0 Å². The topological polar surface area (TPSA) is 35.2 Å². The monoisotopic (exact) mass is 221 g/mol. The molecule has 0 spiro atoms. The fourth-order valence-electron chi connectivity index (χ4n) is 2.01. The summed E-state index contributed by atoms with van der Waals surface area (Å²) < 4.78 is 5.35. The first kappa shape index (κ1) is 13.0. The summed E-state index contributed by atoms with van der Waals surface area (Å²) in [5.74, 6) is 1.95. The van der Waals surface area contributed by atoms with Crippen LogP contribution >= 0.6 is 0 Å². The van der Waals surface area contributed by atoms with Crippen LogP contribution in [-0.2, 0) is 6.42 Å². The molecule has 2 nitrogen and oxygen atoms in total. The van der Waals surface area contributed by atoms with Crippen molar-refractivity contribution < 1.29 is 4.74 Å². The first-order valence-corrected chi connectivity index (χ1v) is 5.93. The highest BCUT2D eigenvalue weighted by molar-refractivity contribution is 5.33. The van der Waals surface area contributed by atoms with Crippen molar-refractivity contribution in [2.24, 2.45) is 17.6 Å². The van der Waals surface area contributed by atoms with Gasteiger partial charge in [0.1, 0.15) is 5.75 Å². The Hall–Kier alpha value is -1.02. The van der Waals surface area contributed by atoms with E-state index < -0.39 is 0 Å². The number of rotatable bonds is 5. The van der Waals surface area contributed by atoms with Gasteiger partial charge in [-0.25, -0.2) is 0 Å². The summed E-state index contributed by atoms with van der Waals surface area (Å²) >= 11 is 0. The number of nitrogens with two attached hydrogens (primary N) is 1. The van der Waals surface area contributed by atoms with E-state index >= 15 is 0 Å². The average molecular weight is 221 g/mol. The van der Waals surface area contributed by atoms with Crippen molar-refractivity contribution in [3.63, 3.8) is 0 Å². The Morgan fingerprint density at radius 1 is 1.19 bits per heavy atom. The summed E-state index contributed by atoms with van der Waals surface area (Å²) in [6, 6.07) is 8.40. The molecule has 0 aliphatic rings. The summed E-state index contributed by atoms with van der Waals surface area (Å²) in [5.41, 5.74) is 7.40. The maximum Gasteiger partial charge on any atom is 0.122 e. The van der Waals surface area contributed by atoms with Crippen LogP contribution < -0.4 is 10.5 Å². The van der Waals surface area contributed by atoms with E-state index in [1.54, 1.807) is 7.11 Å². The number of hydrogen-bond donors (Lipinski definition) is 1. The molecule has 0 amide bonds. The molecule has 1 rings (SSSR count). The molecule has 0 aliphatic carbocycles. The Labute approximate surface area is 98.8 Å². The van der Waals surface area contributed by atoms with Crippen molar-refractivity contribution in [3.05, 3.63) is 29.8 Å². The Bertz CT molecular complexity index is 322. The van der Waals surface area contributed by atoms with Crippen LogP contribution in [-0.4, -0.2) is 13.2 Å². The van der Waals surface area contributed by atoms with Crippen molar-refractivity contribution in [2.75, 3.05) is 7.11 Å². The van der Waals surface area contributed by atoms with Crippen molar-refractivity contribution in [3.8, 4) is 5.75 Å². The zero-order valence-electron chi connectivity index (χ0n) is 10.7. The van der Waals surface area contributed by atoms with E-state index in [-0.39, 0.29) is 6.04 Å². The largest absolute Gasteiger partial charge is 0.496 e. The van der Waals surface area contributed by atoms with Gasteiger partial charge in [-0.3, -0.25) is 0 Å². The molecule has 2 N–H and O–H groups in total. The van der Waals surface area contributed by atoms with Gasteiger partial charge >= 0.3 is 0 Å². The van der Waals surface area contributed by atoms with E-state index in [4.69, 9.17) is 10.5 Å². The summed E-state index contributed by atoms with van der Waals surface area (Å²) in [4.78, 5) is 0. The van der Waals surface area contributed by atoms with Crippen molar-refractivity contribution in [1.29, 1.82) is 0 Å². The van der Waals surface area contributed by atoms with E-state index in [2.05, 4.69) is 26.8 Å². The molecule has 90 valence electrons. The predicted molar refractivity (Wildman–Crippen MR) is 68.7 cm³/mol. The van der Waals surface area contributed by atoms with Crippen molar-refractivity contribution >= 4 is 0 Å². The Morgan fingerprint density at radius 2 is 1.81 bits per heavy atom. The highest BCUT2D eigenvalue weighted by Gasteiger charge is 2.17. The molecule has 0 saturated heterocycles. The van der Waals surface area contributed by atoms with E-state index in [1.807, 2.05) is 18.2 Å². The highest BCUT2D eigenvalue weighted by Crippen LogP contribution is 2.23. The van der Waals surface area contributed by atoms with E-state index in [0.29, 0.717) is 11.8 Å². The molecule has 0 fully saturated rings. The molecule has 2 unspecified atom stereocenters. The maximum atomic E-state index is 6.16. The molecular formula is C14H23NO. The molecule has 0 aromatic heterocycles. The Kier molecular flexibility index (Phi) is 4.81. The molecule has 0 saturated carbocycles. The highest BCUT2D eigenvalue weighted by atomic mass is 16.5. The van der Waals surface area contributed by atoms with Crippen LogP contribution in [0.1, 0.15) is 26.3 Å². The van der Waals surface area contributed by atoms with Crippen molar-refractivity contribution in [1.82, 2.24) is 0 Å². The SMILES string of the molecule is COc1ccccc1CC(C)C(N)C(C)C. The minimum Gasteiger partial charge on any atom is -0.496 e. The minimum absolute atomic E-state index is 0.241. The zero-order chi connectivity index (χ0) is 12.1. The number of methoxy groups -OCH3 is 1. The normalized spacial score (nSPS) is 14.9. The smallest absolute Gasteiger partial charge is 0.122 e. The summed E-state index contributed by atoms with van der Waals surface area (Å²) in [7, 11) is 1.71. The summed E-state index contributed by atoms with van der Waals surface area (Å²) in [6.45, 7) is 6.55. The number of benzene rings is 1. The molecule has 0 radical (unpaired) electrons. The minimum atomic E-state index is 0.241. The van der Waals surface area contributed by atoms with Gasteiger partial charge < -0.3 is 10.5 Å². The second-order valence-corrected chi connectivity index (χ2v) is 4.81. The van der Waals surface area contributed by atoms with Gasteiger partial charge in [0, 0.05) is 6.04 Å². The summed E-state index contributed by atoms with van der Waals surface area (Å²) in [5, 5.41) is 0. The van der Waals surface area contributed by atoms with Crippen LogP contribution in [0, 0.1) is 11.8 Å². The molecule has 2 atom stereocenters. The van der Waals surface area contributed by atoms with Gasteiger partial charge in [-0.05, 0) is 29.9 Å². The standard InChI is InChI=1S/C14H23NO/c1-10(2)14(15)11(3)9-12-7-5-6-8-13(12)16-4/h5-8,10-11,14H,9,15H2,1-4H3. The lowest BCUT2D eigenvalue weighted by molar-refractivity contribution is 0.353. The summed E-state index contributed by atoms with van der Waals surface area (Å²) in [6.07, 6.45) is 0.976. The maximum absolute atomic E-state index is 6.16. The molecule has 0 aliphatic heterocycles. The molecule has 16 heavy (non-hydrogen) atoms. The third kappa shape index (κ3) is 3.24. The van der Waals surface area contributed by atoms with Gasteiger partial charge in [-0.15, -0.1) is 0 Å². The van der Waals surface area contributed by atoms with Crippen LogP contribution in [0.25, 0.3) is 0 Å². The van der Waals surface area contributed by atoms with Gasteiger partial charge in [0.25, 0.3) is 0 Å². The van der Waals surface area contributed by atoms with Crippen LogP contribution in [0.15, 0.2) is 24.3 Å². The fourth-order valence-corrected chi connectivity index (χ4v) is 2.01. The molecule has 0 bridgehead atoms. The Balaban J connectivity index is 2.72. The number of ether oxygens (including phenoxy) is 1.